The van der Waals surface area contributed by atoms with Gasteiger partial charge in [0.25, 0.3) is 5.91 Å². The van der Waals surface area contributed by atoms with Crippen LogP contribution in [0, 0.1) is 0 Å². The highest BCUT2D eigenvalue weighted by Gasteiger charge is 2.08. The molecule has 0 aliphatic heterocycles. The number of hydrogen-bond acceptors (Lipinski definition) is 1. The zero-order valence-electron chi connectivity index (χ0n) is 6.42. The van der Waals surface area contributed by atoms with E-state index in [2.05, 4.69) is 13.2 Å². The first kappa shape index (κ1) is 9.88. The maximum Gasteiger partial charge on any atom is 0.254 e. The maximum atomic E-state index is 11.8. The lowest BCUT2D eigenvalue weighted by Gasteiger charge is -2.16. The van der Waals surface area contributed by atoms with E-state index in [-0.39, 0.29) is 0 Å². The van der Waals surface area contributed by atoms with Gasteiger partial charge in [0.2, 0.25) is 0 Å². The first-order valence-electron chi connectivity index (χ1n) is 3.31. The lowest BCUT2D eigenvalue weighted by molar-refractivity contribution is -0.131. The third kappa shape index (κ3) is 3.55. The Hall–Kier alpha value is -1.12. The SMILES string of the molecule is C=CCN(CC=C)C(=O)CF. The molecule has 1 amide bonds. The van der Waals surface area contributed by atoms with Gasteiger partial charge in [0.1, 0.15) is 0 Å². The van der Waals surface area contributed by atoms with E-state index in [4.69, 9.17) is 0 Å². The van der Waals surface area contributed by atoms with Crippen LogP contribution in [0.3, 0.4) is 0 Å². The fourth-order valence-electron chi connectivity index (χ4n) is 0.674. The van der Waals surface area contributed by atoms with Gasteiger partial charge in [-0.05, 0) is 0 Å². The Balaban J connectivity index is 3.95. The Labute approximate surface area is 66.0 Å². The highest BCUT2D eigenvalue weighted by molar-refractivity contribution is 5.77. The Kier molecular flexibility index (Phi) is 5.07. The van der Waals surface area contributed by atoms with Crippen LogP contribution in [-0.2, 0) is 4.79 Å². The summed E-state index contributed by atoms with van der Waals surface area (Å²) in [5.74, 6) is -0.523. The van der Waals surface area contributed by atoms with Crippen molar-refractivity contribution in [1.29, 1.82) is 0 Å². The molecular formula is C8H12FNO. The minimum atomic E-state index is -0.957. The second-order valence-electron chi connectivity index (χ2n) is 2.01. The van der Waals surface area contributed by atoms with Crippen molar-refractivity contribution in [2.45, 2.75) is 0 Å². The second-order valence-corrected chi connectivity index (χ2v) is 2.01. The molecule has 11 heavy (non-hydrogen) atoms. The van der Waals surface area contributed by atoms with Gasteiger partial charge >= 0.3 is 0 Å². The van der Waals surface area contributed by atoms with Crippen molar-refractivity contribution in [1.82, 2.24) is 4.90 Å². The van der Waals surface area contributed by atoms with Crippen LogP contribution in [0.4, 0.5) is 4.39 Å². The summed E-state index contributed by atoms with van der Waals surface area (Å²) in [7, 11) is 0. The molecule has 0 aliphatic rings. The minimum absolute atomic E-state index is 0.370. The summed E-state index contributed by atoms with van der Waals surface area (Å²) < 4.78 is 11.8. The summed E-state index contributed by atoms with van der Waals surface area (Å²) >= 11 is 0. The Morgan fingerprint density at radius 2 is 1.82 bits per heavy atom. The van der Waals surface area contributed by atoms with Crippen molar-refractivity contribution >= 4 is 5.91 Å². The number of carbonyl (C=O) groups excluding carboxylic acids is 1. The van der Waals surface area contributed by atoms with E-state index in [9.17, 15) is 9.18 Å². The van der Waals surface area contributed by atoms with Crippen molar-refractivity contribution in [2.75, 3.05) is 19.8 Å². The fourth-order valence-corrected chi connectivity index (χ4v) is 0.674. The number of rotatable bonds is 5. The summed E-state index contributed by atoms with van der Waals surface area (Å²) in [4.78, 5) is 12.1. The largest absolute Gasteiger partial charge is 0.333 e. The summed E-state index contributed by atoms with van der Waals surface area (Å²) in [6.07, 6.45) is 3.11. The molecule has 62 valence electrons. The van der Waals surface area contributed by atoms with Crippen LogP contribution in [0.1, 0.15) is 0 Å². The van der Waals surface area contributed by atoms with Crippen LogP contribution >= 0.6 is 0 Å². The summed E-state index contributed by atoms with van der Waals surface area (Å²) in [5.41, 5.74) is 0. The predicted octanol–water partition coefficient (Wildman–Crippen LogP) is 1.16. The molecular weight excluding hydrogens is 145 g/mol. The quantitative estimate of drug-likeness (QED) is 0.548. The third-order valence-electron chi connectivity index (χ3n) is 1.17. The van der Waals surface area contributed by atoms with Gasteiger partial charge < -0.3 is 4.90 Å². The first-order valence-corrected chi connectivity index (χ1v) is 3.31. The molecule has 0 bridgehead atoms. The van der Waals surface area contributed by atoms with Gasteiger partial charge in [0.05, 0.1) is 0 Å². The van der Waals surface area contributed by atoms with Crippen molar-refractivity contribution in [3.8, 4) is 0 Å². The Morgan fingerprint density at radius 3 is 2.09 bits per heavy atom. The smallest absolute Gasteiger partial charge is 0.254 e. The number of amides is 1. The van der Waals surface area contributed by atoms with E-state index in [1.54, 1.807) is 12.2 Å². The molecule has 0 unspecified atom stereocenters. The van der Waals surface area contributed by atoms with E-state index < -0.39 is 12.6 Å². The summed E-state index contributed by atoms with van der Waals surface area (Å²) in [6.45, 7) is 6.68. The molecule has 0 radical (unpaired) electrons. The molecule has 0 aliphatic carbocycles. The number of hydrogen-bond donors (Lipinski definition) is 0. The molecule has 0 aromatic carbocycles. The molecule has 2 nitrogen and oxygen atoms in total. The average molecular weight is 157 g/mol. The van der Waals surface area contributed by atoms with Gasteiger partial charge in [-0.25, -0.2) is 4.39 Å². The van der Waals surface area contributed by atoms with Crippen LogP contribution in [0.15, 0.2) is 25.3 Å². The lowest BCUT2D eigenvalue weighted by atomic mass is 10.4. The van der Waals surface area contributed by atoms with Crippen molar-refractivity contribution in [2.24, 2.45) is 0 Å². The van der Waals surface area contributed by atoms with E-state index >= 15 is 0 Å². The average Bonchev–Trinajstić information content (AvgIpc) is 2.03. The molecule has 0 aromatic heterocycles. The maximum absolute atomic E-state index is 11.8. The first-order chi connectivity index (χ1) is 5.26. The minimum Gasteiger partial charge on any atom is -0.333 e. The number of alkyl halides is 1. The highest BCUT2D eigenvalue weighted by atomic mass is 19.1. The van der Waals surface area contributed by atoms with Crippen LogP contribution in [0.25, 0.3) is 0 Å². The van der Waals surface area contributed by atoms with Crippen molar-refractivity contribution in [3.05, 3.63) is 25.3 Å². The highest BCUT2D eigenvalue weighted by Crippen LogP contribution is 1.91. The zero-order chi connectivity index (χ0) is 8.69. The lowest BCUT2D eigenvalue weighted by Crippen LogP contribution is -2.32. The third-order valence-corrected chi connectivity index (χ3v) is 1.17. The Morgan fingerprint density at radius 1 is 1.36 bits per heavy atom. The van der Waals surface area contributed by atoms with Gasteiger partial charge in [-0.3, -0.25) is 4.79 Å². The monoisotopic (exact) mass is 157 g/mol. The van der Waals surface area contributed by atoms with E-state index in [1.165, 1.54) is 4.90 Å². The summed E-state index contributed by atoms with van der Waals surface area (Å²) in [6, 6.07) is 0. The van der Waals surface area contributed by atoms with E-state index in [0.717, 1.165) is 0 Å². The van der Waals surface area contributed by atoms with E-state index in [0.29, 0.717) is 13.1 Å². The van der Waals surface area contributed by atoms with Gasteiger partial charge in [0, 0.05) is 13.1 Å². The molecule has 3 heteroatoms. The standard InChI is InChI=1S/C8H12FNO/c1-3-5-10(6-4-2)8(11)7-9/h3-4H,1-2,5-7H2. The fraction of sp³-hybridized carbons (Fsp3) is 0.375. The molecule has 0 rings (SSSR count). The van der Waals surface area contributed by atoms with Gasteiger partial charge in [-0.2, -0.15) is 0 Å². The van der Waals surface area contributed by atoms with Crippen molar-refractivity contribution < 1.29 is 9.18 Å². The topological polar surface area (TPSA) is 20.3 Å². The number of nitrogens with zero attached hydrogens (tertiary/aromatic N) is 1. The Bertz CT molecular complexity index is 146. The van der Waals surface area contributed by atoms with Gasteiger partial charge in [-0.1, -0.05) is 12.2 Å². The van der Waals surface area contributed by atoms with Crippen LogP contribution in [0.2, 0.25) is 0 Å². The molecule has 0 aromatic rings. The van der Waals surface area contributed by atoms with Gasteiger partial charge in [-0.15, -0.1) is 13.2 Å². The second kappa shape index (κ2) is 5.65. The number of carbonyl (C=O) groups is 1. The zero-order valence-corrected chi connectivity index (χ0v) is 6.42. The molecule has 0 fully saturated rings. The van der Waals surface area contributed by atoms with Crippen LogP contribution < -0.4 is 0 Å². The number of halogens is 1. The summed E-state index contributed by atoms with van der Waals surface area (Å²) in [5, 5.41) is 0. The molecule has 0 saturated heterocycles. The molecule has 0 N–H and O–H groups in total. The van der Waals surface area contributed by atoms with Crippen LogP contribution in [-0.4, -0.2) is 30.6 Å². The predicted molar refractivity (Wildman–Crippen MR) is 42.9 cm³/mol. The van der Waals surface area contributed by atoms with Gasteiger partial charge in [0.15, 0.2) is 6.67 Å². The molecule has 0 spiro atoms. The normalized spacial score (nSPS) is 8.82. The van der Waals surface area contributed by atoms with Crippen LogP contribution in [0.5, 0.6) is 0 Å². The molecule has 0 heterocycles. The molecule has 0 saturated carbocycles. The van der Waals surface area contributed by atoms with E-state index in [1.807, 2.05) is 0 Å². The molecule has 0 atom stereocenters. The van der Waals surface area contributed by atoms with Crippen molar-refractivity contribution in [3.63, 3.8) is 0 Å².